The van der Waals surface area contributed by atoms with E-state index in [2.05, 4.69) is 5.10 Å². The molecule has 5 heteroatoms. The summed E-state index contributed by atoms with van der Waals surface area (Å²) in [5.41, 5.74) is 13.9. The molecule has 0 aliphatic carbocycles. The van der Waals surface area contributed by atoms with Crippen LogP contribution in [0.2, 0.25) is 0 Å². The van der Waals surface area contributed by atoms with Crippen molar-refractivity contribution in [1.82, 2.24) is 9.78 Å². The van der Waals surface area contributed by atoms with Gasteiger partial charge in [0.2, 0.25) is 0 Å². The van der Waals surface area contributed by atoms with Crippen LogP contribution in [-0.4, -0.2) is 16.9 Å². The zero-order valence-electron chi connectivity index (χ0n) is 9.97. The van der Waals surface area contributed by atoms with Gasteiger partial charge in [-0.15, -0.1) is 0 Å². The molecule has 0 saturated heterocycles. The smallest absolute Gasteiger partial charge is 0.145 e. The van der Waals surface area contributed by atoms with E-state index in [0.29, 0.717) is 23.7 Å². The van der Waals surface area contributed by atoms with Gasteiger partial charge < -0.3 is 16.2 Å². The summed E-state index contributed by atoms with van der Waals surface area (Å²) in [5, 5.41) is 4.39. The third-order valence-electron chi connectivity index (χ3n) is 2.69. The maximum absolute atomic E-state index is 5.97. The Hall–Kier alpha value is -2.17. The molecule has 0 atom stereocenters. The average molecular weight is 232 g/mol. The van der Waals surface area contributed by atoms with Crippen LogP contribution in [0.15, 0.2) is 24.3 Å². The van der Waals surface area contributed by atoms with Crippen molar-refractivity contribution in [3.05, 3.63) is 24.3 Å². The van der Waals surface area contributed by atoms with Crippen LogP contribution >= 0.6 is 0 Å². The Bertz CT molecular complexity index is 533. The summed E-state index contributed by atoms with van der Waals surface area (Å²) in [6, 6.07) is 7.60. The SMILES string of the molecule is CCn1nc(-c2ccccc2OC)c(N)c1N. The molecule has 0 radical (unpaired) electrons. The summed E-state index contributed by atoms with van der Waals surface area (Å²) in [4.78, 5) is 0. The molecular weight excluding hydrogens is 216 g/mol. The van der Waals surface area contributed by atoms with Gasteiger partial charge in [-0.25, -0.2) is 4.68 Å². The molecule has 1 aromatic heterocycles. The predicted molar refractivity (Wildman–Crippen MR) is 68.7 cm³/mol. The van der Waals surface area contributed by atoms with E-state index in [1.165, 1.54) is 0 Å². The van der Waals surface area contributed by atoms with Crippen LogP contribution < -0.4 is 16.2 Å². The van der Waals surface area contributed by atoms with E-state index in [-0.39, 0.29) is 0 Å². The van der Waals surface area contributed by atoms with Gasteiger partial charge in [0.15, 0.2) is 0 Å². The number of rotatable bonds is 3. The van der Waals surface area contributed by atoms with Crippen LogP contribution in [0.5, 0.6) is 5.75 Å². The Morgan fingerprint density at radius 1 is 1.29 bits per heavy atom. The molecule has 1 aromatic carbocycles. The van der Waals surface area contributed by atoms with Gasteiger partial charge in [0.25, 0.3) is 0 Å². The molecule has 17 heavy (non-hydrogen) atoms. The summed E-state index contributed by atoms with van der Waals surface area (Å²) in [7, 11) is 1.62. The molecule has 0 bridgehead atoms. The van der Waals surface area contributed by atoms with Crippen LogP contribution in [0.1, 0.15) is 6.92 Å². The highest BCUT2D eigenvalue weighted by molar-refractivity contribution is 5.83. The number of aryl methyl sites for hydroxylation is 1. The minimum Gasteiger partial charge on any atom is -0.496 e. The highest BCUT2D eigenvalue weighted by Gasteiger charge is 2.16. The number of methoxy groups -OCH3 is 1. The molecule has 2 rings (SSSR count). The van der Waals surface area contributed by atoms with Crippen LogP contribution in [-0.2, 0) is 6.54 Å². The van der Waals surface area contributed by atoms with Crippen molar-refractivity contribution >= 4 is 11.5 Å². The number of benzene rings is 1. The van der Waals surface area contributed by atoms with E-state index in [4.69, 9.17) is 16.2 Å². The molecule has 0 unspecified atom stereocenters. The van der Waals surface area contributed by atoms with Gasteiger partial charge >= 0.3 is 0 Å². The molecule has 0 saturated carbocycles. The van der Waals surface area contributed by atoms with Crippen LogP contribution in [0.4, 0.5) is 11.5 Å². The number of hydrogen-bond acceptors (Lipinski definition) is 4. The largest absolute Gasteiger partial charge is 0.496 e. The lowest BCUT2D eigenvalue weighted by Gasteiger charge is -2.05. The summed E-state index contributed by atoms with van der Waals surface area (Å²) < 4.78 is 6.97. The lowest BCUT2D eigenvalue weighted by Crippen LogP contribution is -2.02. The first-order valence-electron chi connectivity index (χ1n) is 5.44. The lowest BCUT2D eigenvalue weighted by atomic mass is 10.1. The Morgan fingerprint density at radius 3 is 2.59 bits per heavy atom. The molecule has 2 aromatic rings. The first kappa shape index (κ1) is 11.3. The second kappa shape index (κ2) is 4.37. The maximum atomic E-state index is 5.97. The standard InChI is InChI=1S/C12H16N4O/c1-3-16-12(14)10(13)11(15-16)8-6-4-5-7-9(8)17-2/h4-7H,3,13-14H2,1-2H3. The summed E-state index contributed by atoms with van der Waals surface area (Å²) >= 11 is 0. The van der Waals surface area contributed by atoms with E-state index in [1.54, 1.807) is 11.8 Å². The van der Waals surface area contributed by atoms with Gasteiger partial charge in [0, 0.05) is 12.1 Å². The molecule has 0 fully saturated rings. The van der Waals surface area contributed by atoms with Gasteiger partial charge in [-0.1, -0.05) is 12.1 Å². The fraction of sp³-hybridized carbons (Fsp3) is 0.250. The Labute approximate surface area is 100.0 Å². The maximum Gasteiger partial charge on any atom is 0.145 e. The third kappa shape index (κ3) is 1.80. The van der Waals surface area contributed by atoms with Gasteiger partial charge in [-0.05, 0) is 19.1 Å². The van der Waals surface area contributed by atoms with Crippen molar-refractivity contribution in [2.75, 3.05) is 18.6 Å². The first-order valence-corrected chi connectivity index (χ1v) is 5.44. The lowest BCUT2D eigenvalue weighted by molar-refractivity contribution is 0.416. The molecule has 1 heterocycles. The van der Waals surface area contributed by atoms with Crippen LogP contribution in [0.3, 0.4) is 0 Å². The van der Waals surface area contributed by atoms with Crippen LogP contribution in [0, 0.1) is 0 Å². The van der Waals surface area contributed by atoms with Gasteiger partial charge in [0.1, 0.15) is 22.9 Å². The Morgan fingerprint density at radius 2 is 2.00 bits per heavy atom. The fourth-order valence-electron chi connectivity index (χ4n) is 1.77. The zero-order valence-corrected chi connectivity index (χ0v) is 9.97. The molecule has 4 N–H and O–H groups in total. The minimum atomic E-state index is 0.494. The number of nitrogens with zero attached hydrogens (tertiary/aromatic N) is 2. The topological polar surface area (TPSA) is 79.1 Å². The quantitative estimate of drug-likeness (QED) is 0.844. The van der Waals surface area contributed by atoms with E-state index in [0.717, 1.165) is 11.3 Å². The third-order valence-corrected chi connectivity index (χ3v) is 2.69. The van der Waals surface area contributed by atoms with E-state index >= 15 is 0 Å². The van der Waals surface area contributed by atoms with Gasteiger partial charge in [-0.2, -0.15) is 5.10 Å². The highest BCUT2D eigenvalue weighted by atomic mass is 16.5. The highest BCUT2D eigenvalue weighted by Crippen LogP contribution is 2.35. The first-order chi connectivity index (χ1) is 8.19. The predicted octanol–water partition coefficient (Wildman–Crippen LogP) is 1.74. The van der Waals surface area contributed by atoms with Crippen molar-refractivity contribution < 1.29 is 4.74 Å². The number of nitrogen functional groups attached to an aromatic ring is 2. The van der Waals surface area contributed by atoms with Gasteiger partial charge in [0.05, 0.1) is 7.11 Å². The van der Waals surface area contributed by atoms with Gasteiger partial charge in [-0.3, -0.25) is 0 Å². The monoisotopic (exact) mass is 232 g/mol. The van der Waals surface area contributed by atoms with E-state index in [9.17, 15) is 0 Å². The number of aromatic nitrogens is 2. The number of hydrogen-bond donors (Lipinski definition) is 2. The molecule has 0 amide bonds. The molecule has 5 nitrogen and oxygen atoms in total. The number of anilines is 2. The molecule has 90 valence electrons. The molecule has 0 aliphatic rings. The average Bonchev–Trinajstić information content (AvgIpc) is 2.66. The van der Waals surface area contributed by atoms with Crippen LogP contribution in [0.25, 0.3) is 11.3 Å². The fourth-order valence-corrected chi connectivity index (χ4v) is 1.77. The zero-order chi connectivity index (χ0) is 12.4. The second-order valence-electron chi connectivity index (χ2n) is 3.66. The van der Waals surface area contributed by atoms with Crippen molar-refractivity contribution in [2.45, 2.75) is 13.5 Å². The summed E-state index contributed by atoms with van der Waals surface area (Å²) in [5.74, 6) is 1.23. The minimum absolute atomic E-state index is 0.494. The Balaban J connectivity index is 2.60. The molecular formula is C12H16N4O. The Kier molecular flexibility index (Phi) is 2.91. The van der Waals surface area contributed by atoms with Crippen molar-refractivity contribution in [2.24, 2.45) is 0 Å². The number of ether oxygens (including phenoxy) is 1. The van der Waals surface area contributed by atoms with E-state index in [1.807, 2.05) is 31.2 Å². The number of para-hydroxylation sites is 1. The molecule has 0 spiro atoms. The number of nitrogens with two attached hydrogens (primary N) is 2. The normalized spacial score (nSPS) is 10.5. The van der Waals surface area contributed by atoms with Crippen molar-refractivity contribution in [1.29, 1.82) is 0 Å². The summed E-state index contributed by atoms with van der Waals surface area (Å²) in [6.45, 7) is 2.65. The second-order valence-corrected chi connectivity index (χ2v) is 3.66. The summed E-state index contributed by atoms with van der Waals surface area (Å²) in [6.07, 6.45) is 0. The van der Waals surface area contributed by atoms with Crippen molar-refractivity contribution in [3.63, 3.8) is 0 Å². The van der Waals surface area contributed by atoms with E-state index < -0.39 is 0 Å². The van der Waals surface area contributed by atoms with Crippen molar-refractivity contribution in [3.8, 4) is 17.0 Å². The molecule has 0 aliphatic heterocycles.